The molecule has 5 rings (SSSR count). The van der Waals surface area contributed by atoms with Gasteiger partial charge in [0.25, 0.3) is 0 Å². The number of nitrogens with zero attached hydrogens (tertiary/aromatic N) is 1. The SMILES string of the molecule is COc1cc(OC)c2[nH]c3c(c2c1)C1(CC1)CN(C(C)=O)C3c1cccc(F)c1. The van der Waals surface area contributed by atoms with Crippen molar-refractivity contribution >= 4 is 16.8 Å². The van der Waals surface area contributed by atoms with Gasteiger partial charge < -0.3 is 19.4 Å². The molecule has 1 saturated carbocycles. The second-order valence-electron chi connectivity index (χ2n) is 8.05. The van der Waals surface area contributed by atoms with Crippen molar-refractivity contribution in [3.8, 4) is 11.5 Å². The Labute approximate surface area is 168 Å². The molecule has 1 aliphatic carbocycles. The molecule has 150 valence electrons. The minimum absolute atomic E-state index is 0.0145. The number of H-pyrrole nitrogens is 1. The lowest BCUT2D eigenvalue weighted by atomic mass is 9.83. The number of halogens is 1. The molecule has 1 fully saturated rings. The van der Waals surface area contributed by atoms with Crippen molar-refractivity contribution in [3.05, 3.63) is 59.0 Å². The third-order valence-electron chi connectivity index (χ3n) is 6.34. The third-order valence-corrected chi connectivity index (χ3v) is 6.34. The Morgan fingerprint density at radius 3 is 2.62 bits per heavy atom. The van der Waals surface area contributed by atoms with Gasteiger partial charge in [0, 0.05) is 36.0 Å². The average molecular weight is 394 g/mol. The van der Waals surface area contributed by atoms with Crippen LogP contribution in [0.2, 0.25) is 0 Å². The second-order valence-corrected chi connectivity index (χ2v) is 8.05. The fourth-order valence-electron chi connectivity index (χ4n) is 4.84. The van der Waals surface area contributed by atoms with Gasteiger partial charge in [-0.1, -0.05) is 12.1 Å². The van der Waals surface area contributed by atoms with Crippen molar-refractivity contribution in [2.24, 2.45) is 0 Å². The summed E-state index contributed by atoms with van der Waals surface area (Å²) < 4.78 is 25.2. The van der Waals surface area contributed by atoms with Crippen LogP contribution in [-0.2, 0) is 10.2 Å². The second kappa shape index (κ2) is 6.24. The zero-order chi connectivity index (χ0) is 20.3. The number of fused-ring (bicyclic) bond motifs is 4. The zero-order valence-corrected chi connectivity index (χ0v) is 16.7. The maximum absolute atomic E-state index is 14.1. The number of aromatic nitrogens is 1. The highest BCUT2D eigenvalue weighted by atomic mass is 19.1. The molecule has 2 aliphatic rings. The molecule has 1 aromatic heterocycles. The number of carbonyl (C=O) groups excluding carboxylic acids is 1. The normalized spacial score (nSPS) is 19.3. The van der Waals surface area contributed by atoms with Crippen LogP contribution in [0.4, 0.5) is 4.39 Å². The number of carbonyl (C=O) groups is 1. The van der Waals surface area contributed by atoms with E-state index in [1.54, 1.807) is 27.2 Å². The first-order valence-electron chi connectivity index (χ1n) is 9.78. The summed E-state index contributed by atoms with van der Waals surface area (Å²) in [5.41, 5.74) is 3.72. The van der Waals surface area contributed by atoms with Gasteiger partial charge in [-0.25, -0.2) is 4.39 Å². The van der Waals surface area contributed by atoms with Crippen LogP contribution in [0, 0.1) is 5.82 Å². The van der Waals surface area contributed by atoms with Crippen LogP contribution in [0.3, 0.4) is 0 Å². The summed E-state index contributed by atoms with van der Waals surface area (Å²) in [6, 6.07) is 10.0. The molecule has 1 aliphatic heterocycles. The predicted molar refractivity (Wildman–Crippen MR) is 108 cm³/mol. The summed E-state index contributed by atoms with van der Waals surface area (Å²) in [7, 11) is 3.27. The van der Waals surface area contributed by atoms with E-state index < -0.39 is 0 Å². The average Bonchev–Trinajstić information content (AvgIpc) is 3.36. The number of hydrogen-bond acceptors (Lipinski definition) is 3. The Bertz CT molecular complexity index is 1130. The van der Waals surface area contributed by atoms with Crippen molar-refractivity contribution in [2.75, 3.05) is 20.8 Å². The van der Waals surface area contributed by atoms with E-state index in [1.165, 1.54) is 17.7 Å². The lowest BCUT2D eigenvalue weighted by Crippen LogP contribution is -2.44. The maximum atomic E-state index is 14.1. The number of benzene rings is 2. The molecule has 2 aromatic carbocycles. The molecule has 0 saturated heterocycles. The summed E-state index contributed by atoms with van der Waals surface area (Å²) in [5, 5.41) is 1.05. The minimum atomic E-state index is -0.368. The van der Waals surface area contributed by atoms with Crippen molar-refractivity contribution in [2.45, 2.75) is 31.2 Å². The van der Waals surface area contributed by atoms with Crippen LogP contribution in [0.25, 0.3) is 10.9 Å². The highest BCUT2D eigenvalue weighted by molar-refractivity contribution is 5.93. The summed E-state index contributed by atoms with van der Waals surface area (Å²) in [6.07, 6.45) is 2.04. The molecule has 6 heteroatoms. The molecular weight excluding hydrogens is 371 g/mol. The van der Waals surface area contributed by atoms with Crippen molar-refractivity contribution in [3.63, 3.8) is 0 Å². The van der Waals surface area contributed by atoms with E-state index in [4.69, 9.17) is 9.47 Å². The summed E-state index contributed by atoms with van der Waals surface area (Å²) in [6.45, 7) is 2.21. The fraction of sp³-hybridized carbons (Fsp3) is 0.348. The molecule has 1 spiro atoms. The quantitative estimate of drug-likeness (QED) is 0.720. The molecule has 1 N–H and O–H groups in total. The molecular formula is C23H23FN2O3. The van der Waals surface area contributed by atoms with E-state index >= 15 is 0 Å². The Hall–Kier alpha value is -3.02. The smallest absolute Gasteiger partial charge is 0.220 e. The molecule has 0 radical (unpaired) electrons. The highest BCUT2D eigenvalue weighted by Gasteiger charge is 2.54. The van der Waals surface area contributed by atoms with Gasteiger partial charge in [-0.2, -0.15) is 0 Å². The summed E-state index contributed by atoms with van der Waals surface area (Å²) >= 11 is 0. The summed E-state index contributed by atoms with van der Waals surface area (Å²) in [5.74, 6) is 1.09. The molecule has 1 unspecified atom stereocenters. The van der Waals surface area contributed by atoms with Crippen molar-refractivity contribution in [1.29, 1.82) is 0 Å². The van der Waals surface area contributed by atoms with Crippen LogP contribution < -0.4 is 9.47 Å². The number of amides is 1. The number of methoxy groups -OCH3 is 2. The van der Waals surface area contributed by atoms with Gasteiger partial charge in [-0.15, -0.1) is 0 Å². The van der Waals surface area contributed by atoms with Crippen LogP contribution in [0.1, 0.15) is 42.6 Å². The van der Waals surface area contributed by atoms with E-state index in [0.29, 0.717) is 12.3 Å². The van der Waals surface area contributed by atoms with Crippen molar-refractivity contribution in [1.82, 2.24) is 9.88 Å². The van der Waals surface area contributed by atoms with E-state index in [2.05, 4.69) is 4.98 Å². The number of aromatic amines is 1. The van der Waals surface area contributed by atoms with Gasteiger partial charge in [-0.05, 0) is 42.2 Å². The van der Waals surface area contributed by atoms with Crippen LogP contribution in [-0.4, -0.2) is 36.6 Å². The lowest BCUT2D eigenvalue weighted by molar-refractivity contribution is -0.131. The zero-order valence-electron chi connectivity index (χ0n) is 16.7. The first kappa shape index (κ1) is 18.0. The monoisotopic (exact) mass is 394 g/mol. The summed E-state index contributed by atoms with van der Waals surface area (Å²) in [4.78, 5) is 18.0. The number of hydrogen-bond donors (Lipinski definition) is 1. The van der Waals surface area contributed by atoms with Gasteiger partial charge in [0.15, 0.2) is 0 Å². The third kappa shape index (κ3) is 2.62. The molecule has 5 nitrogen and oxygen atoms in total. The highest BCUT2D eigenvalue weighted by Crippen LogP contribution is 2.58. The van der Waals surface area contributed by atoms with E-state index in [-0.39, 0.29) is 23.2 Å². The molecule has 3 aromatic rings. The van der Waals surface area contributed by atoms with Crippen molar-refractivity contribution < 1.29 is 18.7 Å². The molecule has 29 heavy (non-hydrogen) atoms. The van der Waals surface area contributed by atoms with Gasteiger partial charge in [0.05, 0.1) is 25.8 Å². The van der Waals surface area contributed by atoms with E-state index in [1.807, 2.05) is 23.1 Å². The molecule has 2 heterocycles. The number of rotatable bonds is 3. The Morgan fingerprint density at radius 2 is 2.00 bits per heavy atom. The molecule has 1 amide bonds. The van der Waals surface area contributed by atoms with Crippen LogP contribution in [0.5, 0.6) is 11.5 Å². The maximum Gasteiger partial charge on any atom is 0.220 e. The predicted octanol–water partition coefficient (Wildman–Crippen LogP) is 4.31. The van der Waals surface area contributed by atoms with Gasteiger partial charge >= 0.3 is 0 Å². The first-order valence-corrected chi connectivity index (χ1v) is 9.78. The van der Waals surface area contributed by atoms with Gasteiger partial charge in [-0.3, -0.25) is 4.79 Å². The first-order chi connectivity index (χ1) is 14.0. The fourth-order valence-corrected chi connectivity index (χ4v) is 4.84. The largest absolute Gasteiger partial charge is 0.497 e. The van der Waals surface area contributed by atoms with Gasteiger partial charge in [0.2, 0.25) is 5.91 Å². The molecule has 1 atom stereocenters. The number of nitrogens with one attached hydrogen (secondary N) is 1. The van der Waals surface area contributed by atoms with Gasteiger partial charge in [0.1, 0.15) is 17.3 Å². The van der Waals surface area contributed by atoms with E-state index in [9.17, 15) is 9.18 Å². The van der Waals surface area contributed by atoms with Crippen LogP contribution >= 0.6 is 0 Å². The molecule has 0 bridgehead atoms. The topological polar surface area (TPSA) is 54.6 Å². The number of ether oxygens (including phenoxy) is 2. The lowest BCUT2D eigenvalue weighted by Gasteiger charge is -2.40. The van der Waals surface area contributed by atoms with Crippen LogP contribution in [0.15, 0.2) is 36.4 Å². The minimum Gasteiger partial charge on any atom is -0.497 e. The standard InChI is InChI=1S/C23H23FN2O3/c1-13(27)26-12-23(7-8-23)19-17-10-16(28-2)11-18(29-3)20(17)25-21(19)22(26)14-5-4-6-15(24)9-14/h4-6,9-11,22,25H,7-8,12H2,1-3H3. The van der Waals surface area contributed by atoms with E-state index in [0.717, 1.165) is 40.8 Å². The Kier molecular flexibility index (Phi) is 3.88. The Morgan fingerprint density at radius 1 is 1.21 bits per heavy atom. The Balaban J connectivity index is 1.82.